The summed E-state index contributed by atoms with van der Waals surface area (Å²) in [6.07, 6.45) is 0. The lowest BCUT2D eigenvalue weighted by Gasteiger charge is -2.12. The molecular formula is C18H12Br2NO3S. The van der Waals surface area contributed by atoms with E-state index in [9.17, 15) is 13.0 Å². The van der Waals surface area contributed by atoms with Gasteiger partial charge in [0.25, 0.3) is 0 Å². The highest BCUT2D eigenvalue weighted by Crippen LogP contribution is 2.35. The van der Waals surface area contributed by atoms with Crippen LogP contribution < -0.4 is 4.90 Å². The summed E-state index contributed by atoms with van der Waals surface area (Å²) in [5, 5.41) is 0. The Morgan fingerprint density at radius 1 is 0.640 bits per heavy atom. The van der Waals surface area contributed by atoms with E-state index in [4.69, 9.17) is 0 Å². The Bertz CT molecular complexity index is 925. The maximum Gasteiger partial charge on any atom is 0.192 e. The van der Waals surface area contributed by atoms with Crippen molar-refractivity contribution in [2.24, 2.45) is 0 Å². The first-order valence-corrected chi connectivity index (χ1v) is 10.2. The Labute approximate surface area is 163 Å². The fourth-order valence-electron chi connectivity index (χ4n) is 2.39. The molecule has 0 saturated carbocycles. The molecule has 0 unspecified atom stereocenters. The molecule has 0 aliphatic heterocycles. The zero-order valence-corrected chi connectivity index (χ0v) is 16.8. The van der Waals surface area contributed by atoms with Gasteiger partial charge in [-0.1, -0.05) is 36.8 Å². The van der Waals surface area contributed by atoms with Gasteiger partial charge in [0.05, 0.1) is 4.90 Å². The van der Waals surface area contributed by atoms with Crippen LogP contribution in [0.25, 0.3) is 0 Å². The molecule has 3 rings (SSSR count). The number of anilines is 3. The molecule has 0 saturated heterocycles. The second-order valence-corrected chi connectivity index (χ2v) is 8.45. The number of nitrogens with zero attached hydrogens (tertiary/aromatic N) is 1. The van der Waals surface area contributed by atoms with Crippen LogP contribution in [0.15, 0.2) is 86.6 Å². The smallest absolute Gasteiger partial charge is 0.192 e. The van der Waals surface area contributed by atoms with E-state index in [1.54, 1.807) is 12.1 Å². The van der Waals surface area contributed by atoms with E-state index in [-0.39, 0.29) is 4.90 Å². The summed E-state index contributed by atoms with van der Waals surface area (Å²) >= 11 is 6.84. The predicted molar refractivity (Wildman–Crippen MR) is 104 cm³/mol. The van der Waals surface area contributed by atoms with Crippen LogP contribution in [-0.2, 0) is 10.1 Å². The minimum atomic E-state index is -4.47. The summed E-state index contributed by atoms with van der Waals surface area (Å²) in [6.45, 7) is 0. The van der Waals surface area contributed by atoms with E-state index >= 15 is 0 Å². The molecular weight excluding hydrogens is 470 g/mol. The molecule has 25 heavy (non-hydrogen) atoms. The molecule has 127 valence electrons. The van der Waals surface area contributed by atoms with Crippen LogP contribution in [0.5, 0.6) is 0 Å². The van der Waals surface area contributed by atoms with Crippen molar-refractivity contribution < 1.29 is 13.0 Å². The van der Waals surface area contributed by atoms with Crippen molar-refractivity contribution in [2.75, 3.05) is 0 Å². The maximum atomic E-state index is 11.1. The van der Waals surface area contributed by atoms with E-state index in [2.05, 4.69) is 31.9 Å². The highest BCUT2D eigenvalue weighted by Gasteiger charge is 2.25. The standard InChI is InChI=1S/C18H13Br2NO3S/c19-13-1-5-15(6-2-13)21(16-7-3-14(20)4-8-16)17-9-11-18(12-10-17)25(22,23)24/h1-12H,(H,22,23,24)/q+1/p-1. The quantitative estimate of drug-likeness (QED) is 0.362. The Kier molecular flexibility index (Phi) is 5.41. The minimum absolute atomic E-state index is 0.247. The zero-order valence-electron chi connectivity index (χ0n) is 12.8. The summed E-state index contributed by atoms with van der Waals surface area (Å²) < 4.78 is 35.4. The number of benzene rings is 3. The van der Waals surface area contributed by atoms with Crippen LogP contribution in [0.1, 0.15) is 0 Å². The highest BCUT2D eigenvalue weighted by atomic mass is 79.9. The Hall–Kier alpha value is -1.51. The van der Waals surface area contributed by atoms with Gasteiger partial charge in [0, 0.05) is 45.3 Å². The van der Waals surface area contributed by atoms with Gasteiger partial charge in [0.1, 0.15) is 10.1 Å². The molecule has 0 N–H and O–H groups in total. The first-order valence-electron chi connectivity index (χ1n) is 7.22. The van der Waals surface area contributed by atoms with E-state index in [1.807, 2.05) is 53.4 Å². The molecule has 7 heteroatoms. The molecule has 1 radical (unpaired) electrons. The van der Waals surface area contributed by atoms with E-state index in [0.29, 0.717) is 0 Å². The summed E-state index contributed by atoms with van der Waals surface area (Å²) in [6, 6.07) is 21.4. The molecule has 0 atom stereocenters. The first kappa shape index (κ1) is 18.3. The van der Waals surface area contributed by atoms with Gasteiger partial charge in [-0.3, -0.25) is 0 Å². The largest absolute Gasteiger partial charge is 0.744 e. The highest BCUT2D eigenvalue weighted by molar-refractivity contribution is 9.10. The Morgan fingerprint density at radius 3 is 1.28 bits per heavy atom. The molecule has 0 aliphatic carbocycles. The molecule has 0 fully saturated rings. The number of halogens is 2. The van der Waals surface area contributed by atoms with Crippen LogP contribution in [0.3, 0.4) is 0 Å². The van der Waals surface area contributed by atoms with Gasteiger partial charge in [0.15, 0.2) is 17.1 Å². The van der Waals surface area contributed by atoms with Gasteiger partial charge in [-0.2, -0.15) is 0 Å². The summed E-state index contributed by atoms with van der Waals surface area (Å²) in [7, 11) is -4.47. The number of hydrogen-bond donors (Lipinski definition) is 0. The molecule has 0 spiro atoms. The van der Waals surface area contributed by atoms with Crippen molar-refractivity contribution in [3.05, 3.63) is 81.7 Å². The number of rotatable bonds is 4. The fraction of sp³-hybridized carbons (Fsp3) is 0. The maximum absolute atomic E-state index is 11.1. The third-order valence-corrected chi connectivity index (χ3v) is 5.46. The molecule has 3 aromatic carbocycles. The van der Waals surface area contributed by atoms with Crippen LogP contribution in [0.4, 0.5) is 17.1 Å². The molecule has 0 amide bonds. The minimum Gasteiger partial charge on any atom is -0.744 e. The molecule has 0 heterocycles. The van der Waals surface area contributed by atoms with Crippen molar-refractivity contribution in [2.45, 2.75) is 4.90 Å². The summed E-state index contributed by atoms with van der Waals surface area (Å²) in [4.78, 5) is 1.72. The van der Waals surface area contributed by atoms with Crippen molar-refractivity contribution in [3.63, 3.8) is 0 Å². The van der Waals surface area contributed by atoms with Crippen LogP contribution in [-0.4, -0.2) is 13.0 Å². The third kappa shape index (κ3) is 4.37. The van der Waals surface area contributed by atoms with Crippen LogP contribution in [0, 0.1) is 0 Å². The van der Waals surface area contributed by atoms with Gasteiger partial charge in [-0.15, -0.1) is 0 Å². The molecule has 0 aliphatic rings. The topological polar surface area (TPSA) is 63.1 Å². The molecule has 3 aromatic rings. The second-order valence-electron chi connectivity index (χ2n) is 5.24. The van der Waals surface area contributed by atoms with Gasteiger partial charge < -0.3 is 4.55 Å². The summed E-state index contributed by atoms with van der Waals surface area (Å²) in [5.41, 5.74) is 2.56. The van der Waals surface area contributed by atoms with Crippen LogP contribution in [0.2, 0.25) is 0 Å². The zero-order chi connectivity index (χ0) is 18.0. The first-order chi connectivity index (χ1) is 11.8. The second kappa shape index (κ2) is 7.39. The predicted octanol–water partition coefficient (Wildman–Crippen LogP) is 5.55. The molecule has 0 bridgehead atoms. The lowest BCUT2D eigenvalue weighted by molar-refractivity contribution is 0.463. The normalized spacial score (nSPS) is 11.7. The average molecular weight is 482 g/mol. The Morgan fingerprint density at radius 2 is 0.960 bits per heavy atom. The van der Waals surface area contributed by atoms with Crippen molar-refractivity contribution in [1.82, 2.24) is 4.90 Å². The third-order valence-electron chi connectivity index (χ3n) is 3.55. The molecule has 0 aromatic heterocycles. The van der Waals surface area contributed by atoms with Gasteiger partial charge in [-0.25, -0.2) is 8.42 Å². The monoisotopic (exact) mass is 480 g/mol. The number of hydrogen-bond acceptors (Lipinski definition) is 4. The van der Waals surface area contributed by atoms with E-state index in [1.165, 1.54) is 12.1 Å². The van der Waals surface area contributed by atoms with Gasteiger partial charge in [-0.05, 0) is 36.4 Å². The lowest BCUT2D eigenvalue weighted by Crippen LogP contribution is -2.11. The van der Waals surface area contributed by atoms with E-state index < -0.39 is 10.1 Å². The van der Waals surface area contributed by atoms with Crippen molar-refractivity contribution in [3.8, 4) is 0 Å². The fourth-order valence-corrected chi connectivity index (χ4v) is 3.39. The average Bonchev–Trinajstić information content (AvgIpc) is 2.58. The SMILES string of the molecule is O=S(=O)([O-])c1ccc([N+](c2ccc(Br)cc2)c2ccc(Br)cc2)cc1. The van der Waals surface area contributed by atoms with Crippen LogP contribution >= 0.6 is 31.9 Å². The van der Waals surface area contributed by atoms with Gasteiger partial charge >= 0.3 is 0 Å². The molecule has 4 nitrogen and oxygen atoms in total. The van der Waals surface area contributed by atoms with Gasteiger partial charge in [0.2, 0.25) is 0 Å². The lowest BCUT2D eigenvalue weighted by atomic mass is 10.2. The van der Waals surface area contributed by atoms with Crippen molar-refractivity contribution in [1.29, 1.82) is 0 Å². The summed E-state index contributed by atoms with van der Waals surface area (Å²) in [5.74, 6) is 0. The Balaban J connectivity index is 2.10. The van der Waals surface area contributed by atoms with E-state index in [0.717, 1.165) is 26.0 Å². The van der Waals surface area contributed by atoms with Crippen molar-refractivity contribution >= 4 is 59.0 Å².